The van der Waals surface area contributed by atoms with Gasteiger partial charge in [0.2, 0.25) is 5.91 Å². The highest BCUT2D eigenvalue weighted by Crippen LogP contribution is 2.29. The van der Waals surface area contributed by atoms with E-state index in [4.69, 9.17) is 0 Å². The molecule has 0 aliphatic carbocycles. The van der Waals surface area contributed by atoms with Crippen molar-refractivity contribution < 1.29 is 9.59 Å². The maximum absolute atomic E-state index is 13.2. The molecule has 0 saturated heterocycles. The fourth-order valence-electron chi connectivity index (χ4n) is 3.71. The second kappa shape index (κ2) is 9.61. The maximum Gasteiger partial charge on any atom is 0.251 e. The van der Waals surface area contributed by atoms with Gasteiger partial charge in [0.25, 0.3) is 5.91 Å². The highest BCUT2D eigenvalue weighted by molar-refractivity contribution is 5.98. The van der Waals surface area contributed by atoms with Crippen LogP contribution in [0.2, 0.25) is 0 Å². The summed E-state index contributed by atoms with van der Waals surface area (Å²) in [5.41, 5.74) is 3.46. The molecular formula is C27H30N2O2. The molecule has 0 radical (unpaired) electrons. The Labute approximate surface area is 184 Å². The number of amides is 2. The number of carbonyl (C=O) groups is 2. The molecule has 4 nitrogen and oxygen atoms in total. The lowest BCUT2D eigenvalue weighted by Gasteiger charge is -2.28. The molecule has 31 heavy (non-hydrogen) atoms. The first-order valence-corrected chi connectivity index (χ1v) is 10.5. The van der Waals surface area contributed by atoms with Gasteiger partial charge in [0.05, 0.1) is 0 Å². The molecule has 3 aromatic carbocycles. The zero-order chi connectivity index (χ0) is 22.4. The number of hydrogen-bond acceptors (Lipinski definition) is 2. The quantitative estimate of drug-likeness (QED) is 0.616. The van der Waals surface area contributed by atoms with Crippen molar-refractivity contribution in [3.8, 4) is 0 Å². The lowest BCUT2D eigenvalue weighted by atomic mass is 9.84. The van der Waals surface area contributed by atoms with E-state index in [9.17, 15) is 9.59 Å². The molecule has 0 fully saturated rings. The van der Waals surface area contributed by atoms with Crippen molar-refractivity contribution in [1.29, 1.82) is 0 Å². The Balaban J connectivity index is 2.00. The Kier molecular flexibility index (Phi) is 6.91. The van der Waals surface area contributed by atoms with Gasteiger partial charge in [-0.1, -0.05) is 93.6 Å². The van der Waals surface area contributed by atoms with Gasteiger partial charge in [0, 0.05) is 18.5 Å². The average Bonchev–Trinajstić information content (AvgIpc) is 2.79. The SMILES string of the molecule is CNC(=O)[C@@H](NC(=O)c1cccc(C(C)(C)C)c1)C(c1ccccc1)c1ccccc1. The van der Waals surface area contributed by atoms with Crippen LogP contribution in [0.25, 0.3) is 0 Å². The highest BCUT2D eigenvalue weighted by Gasteiger charge is 2.32. The Morgan fingerprint density at radius 2 is 1.32 bits per heavy atom. The lowest BCUT2D eigenvalue weighted by molar-refractivity contribution is -0.122. The van der Waals surface area contributed by atoms with E-state index in [0.717, 1.165) is 16.7 Å². The first-order chi connectivity index (χ1) is 14.8. The Hall–Kier alpha value is -3.40. The minimum absolute atomic E-state index is 0.0763. The molecule has 0 saturated carbocycles. The Morgan fingerprint density at radius 3 is 1.81 bits per heavy atom. The van der Waals surface area contributed by atoms with Crippen LogP contribution in [0.15, 0.2) is 84.9 Å². The predicted molar refractivity (Wildman–Crippen MR) is 125 cm³/mol. The third-order valence-electron chi connectivity index (χ3n) is 5.46. The van der Waals surface area contributed by atoms with Crippen LogP contribution >= 0.6 is 0 Å². The van der Waals surface area contributed by atoms with Crippen LogP contribution in [0.4, 0.5) is 0 Å². The number of likely N-dealkylation sites (N-methyl/N-ethyl adjacent to an activating group) is 1. The summed E-state index contributed by atoms with van der Waals surface area (Å²) < 4.78 is 0. The summed E-state index contributed by atoms with van der Waals surface area (Å²) in [4.78, 5) is 26.2. The maximum atomic E-state index is 13.2. The van der Waals surface area contributed by atoms with Crippen molar-refractivity contribution in [1.82, 2.24) is 10.6 Å². The number of hydrogen-bond donors (Lipinski definition) is 2. The van der Waals surface area contributed by atoms with Crippen LogP contribution < -0.4 is 10.6 Å². The molecule has 0 spiro atoms. The van der Waals surface area contributed by atoms with E-state index in [1.807, 2.05) is 78.9 Å². The summed E-state index contributed by atoms with van der Waals surface area (Å²) in [5.74, 6) is -0.827. The van der Waals surface area contributed by atoms with Crippen LogP contribution in [0.3, 0.4) is 0 Å². The first kappa shape index (κ1) is 22.3. The van der Waals surface area contributed by atoms with Crippen LogP contribution in [-0.4, -0.2) is 24.9 Å². The molecule has 2 N–H and O–H groups in total. The van der Waals surface area contributed by atoms with E-state index in [1.54, 1.807) is 13.1 Å². The van der Waals surface area contributed by atoms with Gasteiger partial charge in [0.1, 0.15) is 6.04 Å². The summed E-state index contributed by atoms with van der Waals surface area (Å²) in [5, 5.41) is 5.73. The minimum atomic E-state index is -0.763. The van der Waals surface area contributed by atoms with Crippen LogP contribution in [0.5, 0.6) is 0 Å². The molecule has 3 rings (SSSR count). The predicted octanol–water partition coefficient (Wildman–Crippen LogP) is 4.66. The van der Waals surface area contributed by atoms with Crippen molar-refractivity contribution in [3.05, 3.63) is 107 Å². The molecule has 1 atom stereocenters. The van der Waals surface area contributed by atoms with E-state index >= 15 is 0 Å². The van der Waals surface area contributed by atoms with Crippen molar-refractivity contribution >= 4 is 11.8 Å². The standard InChI is InChI=1S/C27H30N2O2/c1-27(2,3)22-17-11-16-21(18-22)25(30)29-24(26(31)28-4)23(19-12-7-5-8-13-19)20-14-9-6-10-15-20/h5-18,23-24H,1-4H3,(H,28,31)(H,29,30)/t24-/m0/s1. The fraction of sp³-hybridized carbons (Fsp3) is 0.259. The summed E-state index contributed by atoms with van der Waals surface area (Å²) in [7, 11) is 1.59. The van der Waals surface area contributed by atoms with Crippen LogP contribution in [-0.2, 0) is 10.2 Å². The van der Waals surface area contributed by atoms with E-state index < -0.39 is 6.04 Å². The number of rotatable bonds is 6. The normalized spacial score (nSPS) is 12.3. The topological polar surface area (TPSA) is 58.2 Å². The van der Waals surface area contributed by atoms with Crippen molar-refractivity contribution in [3.63, 3.8) is 0 Å². The van der Waals surface area contributed by atoms with Crippen molar-refractivity contribution in [2.75, 3.05) is 7.05 Å². The number of carbonyl (C=O) groups excluding carboxylic acids is 2. The van der Waals surface area contributed by atoms with Gasteiger partial charge >= 0.3 is 0 Å². The zero-order valence-electron chi connectivity index (χ0n) is 18.6. The molecule has 0 heterocycles. The lowest BCUT2D eigenvalue weighted by Crippen LogP contribution is -2.49. The van der Waals surface area contributed by atoms with Gasteiger partial charge in [-0.15, -0.1) is 0 Å². The van der Waals surface area contributed by atoms with Gasteiger partial charge < -0.3 is 10.6 Å². The average molecular weight is 415 g/mol. The van der Waals surface area contributed by atoms with Gasteiger partial charge in [0.15, 0.2) is 0 Å². The molecule has 160 valence electrons. The Bertz CT molecular complexity index is 984. The largest absolute Gasteiger partial charge is 0.357 e. The third kappa shape index (κ3) is 5.40. The van der Waals surface area contributed by atoms with Crippen molar-refractivity contribution in [2.24, 2.45) is 0 Å². The zero-order valence-corrected chi connectivity index (χ0v) is 18.6. The van der Waals surface area contributed by atoms with Crippen LogP contribution in [0, 0.1) is 0 Å². The summed E-state index contributed by atoms with van der Waals surface area (Å²) in [6.07, 6.45) is 0. The van der Waals surface area contributed by atoms with E-state index in [2.05, 4.69) is 31.4 Å². The summed E-state index contributed by atoms with van der Waals surface area (Å²) >= 11 is 0. The first-order valence-electron chi connectivity index (χ1n) is 10.5. The van der Waals surface area contributed by atoms with Gasteiger partial charge in [-0.2, -0.15) is 0 Å². The Morgan fingerprint density at radius 1 is 0.774 bits per heavy atom. The summed E-state index contributed by atoms with van der Waals surface area (Å²) in [6, 6.07) is 26.4. The second-order valence-electron chi connectivity index (χ2n) is 8.70. The van der Waals surface area contributed by atoms with Gasteiger partial charge in [-0.3, -0.25) is 9.59 Å². The second-order valence-corrected chi connectivity index (χ2v) is 8.70. The number of benzene rings is 3. The number of nitrogens with one attached hydrogen (secondary N) is 2. The fourth-order valence-corrected chi connectivity index (χ4v) is 3.71. The van der Waals surface area contributed by atoms with Gasteiger partial charge in [-0.25, -0.2) is 0 Å². The summed E-state index contributed by atoms with van der Waals surface area (Å²) in [6.45, 7) is 6.33. The smallest absolute Gasteiger partial charge is 0.251 e. The molecular weight excluding hydrogens is 384 g/mol. The van der Waals surface area contributed by atoms with Crippen LogP contribution in [0.1, 0.15) is 53.7 Å². The van der Waals surface area contributed by atoms with E-state index in [-0.39, 0.29) is 23.1 Å². The van der Waals surface area contributed by atoms with Crippen molar-refractivity contribution in [2.45, 2.75) is 38.1 Å². The molecule has 3 aromatic rings. The van der Waals surface area contributed by atoms with E-state index in [0.29, 0.717) is 5.56 Å². The van der Waals surface area contributed by atoms with Gasteiger partial charge in [-0.05, 0) is 34.2 Å². The van der Waals surface area contributed by atoms with E-state index in [1.165, 1.54) is 0 Å². The molecule has 0 aromatic heterocycles. The molecule has 0 bridgehead atoms. The molecule has 0 unspecified atom stereocenters. The third-order valence-corrected chi connectivity index (χ3v) is 5.46. The monoisotopic (exact) mass is 414 g/mol. The minimum Gasteiger partial charge on any atom is -0.357 e. The highest BCUT2D eigenvalue weighted by atomic mass is 16.2. The molecule has 4 heteroatoms. The molecule has 0 aliphatic rings. The molecule has 0 aliphatic heterocycles. The molecule has 2 amide bonds.